The number of nitrogens with zero attached hydrogens (tertiary/aromatic N) is 4. The van der Waals surface area contributed by atoms with Gasteiger partial charge in [0.1, 0.15) is 30.0 Å². The van der Waals surface area contributed by atoms with Crippen LogP contribution in [0, 0.1) is 5.82 Å². The van der Waals surface area contributed by atoms with E-state index < -0.39 is 6.10 Å². The molecule has 3 heterocycles. The van der Waals surface area contributed by atoms with E-state index in [-0.39, 0.29) is 11.9 Å². The lowest BCUT2D eigenvalue weighted by molar-refractivity contribution is 0.220. The molecule has 33 heavy (non-hydrogen) atoms. The van der Waals surface area contributed by atoms with Gasteiger partial charge in [0.25, 0.3) is 0 Å². The molecule has 0 bridgehead atoms. The lowest BCUT2D eigenvalue weighted by Gasteiger charge is -2.42. The first kappa shape index (κ1) is 20.6. The molecule has 6 rings (SSSR count). The molecule has 0 spiro atoms. The van der Waals surface area contributed by atoms with Gasteiger partial charge in [0, 0.05) is 21.6 Å². The van der Waals surface area contributed by atoms with Gasteiger partial charge in [-0.2, -0.15) is 10.1 Å². The molecule has 2 aliphatic rings. The molecule has 0 amide bonds. The van der Waals surface area contributed by atoms with Crippen LogP contribution < -0.4 is 9.64 Å². The van der Waals surface area contributed by atoms with Crippen molar-refractivity contribution in [2.75, 3.05) is 11.9 Å². The number of anilines is 1. The Morgan fingerprint density at radius 2 is 1.58 bits per heavy atom. The summed E-state index contributed by atoms with van der Waals surface area (Å²) < 4.78 is 25.6. The lowest BCUT2D eigenvalue weighted by atomic mass is 9.84. The Morgan fingerprint density at radius 3 is 2.27 bits per heavy atom. The smallest absolute Gasteiger partial charge is 0.229 e. The van der Waals surface area contributed by atoms with Crippen LogP contribution in [0.1, 0.15) is 28.8 Å². The minimum atomic E-state index is -0.434. The fourth-order valence-corrected chi connectivity index (χ4v) is 5.20. The Hall–Kier alpha value is -2.97. The minimum absolute atomic E-state index is 0.316. The van der Waals surface area contributed by atoms with Gasteiger partial charge in [0.2, 0.25) is 5.95 Å². The van der Waals surface area contributed by atoms with Gasteiger partial charge >= 0.3 is 0 Å². The van der Waals surface area contributed by atoms with Crippen molar-refractivity contribution in [3.8, 4) is 5.75 Å². The molecular weight excluding hydrogens is 551 g/mol. The second kappa shape index (κ2) is 7.81. The van der Waals surface area contributed by atoms with E-state index in [0.717, 1.165) is 31.3 Å². The molecule has 4 aromatic rings. The van der Waals surface area contributed by atoms with Crippen molar-refractivity contribution in [1.29, 1.82) is 0 Å². The molecule has 0 radical (unpaired) electrons. The summed E-state index contributed by atoms with van der Waals surface area (Å²) in [4.78, 5) is 6.41. The van der Waals surface area contributed by atoms with E-state index in [0.29, 0.717) is 17.3 Å². The van der Waals surface area contributed by atoms with Gasteiger partial charge in [-0.1, -0.05) is 62.2 Å². The average Bonchev–Trinajstić information content (AvgIpc) is 3.30. The molecule has 0 aliphatic carbocycles. The van der Waals surface area contributed by atoms with Crippen LogP contribution in [0.4, 0.5) is 10.3 Å². The highest BCUT2D eigenvalue weighted by Crippen LogP contribution is 2.53. The number of benzene rings is 3. The van der Waals surface area contributed by atoms with Crippen molar-refractivity contribution in [2.45, 2.75) is 12.1 Å². The fourth-order valence-electron chi connectivity index (χ4n) is 4.67. The van der Waals surface area contributed by atoms with E-state index in [1.807, 2.05) is 71.2 Å². The number of ether oxygens (including phenoxy) is 1. The molecule has 2 aliphatic heterocycles. The fraction of sp³-hybridized carbons (Fsp3) is 0.120. The van der Waals surface area contributed by atoms with Crippen molar-refractivity contribution < 1.29 is 9.13 Å². The number of hydrogen-bond acceptors (Lipinski definition) is 4. The summed E-state index contributed by atoms with van der Waals surface area (Å²) in [6.45, 7) is 0. The summed E-state index contributed by atoms with van der Waals surface area (Å²) in [7, 11) is 1.90. The maximum Gasteiger partial charge on any atom is 0.229 e. The zero-order valence-corrected chi connectivity index (χ0v) is 20.6. The number of rotatable bonds is 2. The summed E-state index contributed by atoms with van der Waals surface area (Å²) in [6.07, 6.45) is 1.10. The van der Waals surface area contributed by atoms with Gasteiger partial charge in [-0.15, -0.1) is 0 Å². The lowest BCUT2D eigenvalue weighted by Crippen LogP contribution is -2.37. The van der Waals surface area contributed by atoms with Gasteiger partial charge in [-0.25, -0.2) is 9.07 Å². The molecule has 0 unspecified atom stereocenters. The van der Waals surface area contributed by atoms with E-state index in [2.05, 4.69) is 41.9 Å². The second-order valence-corrected chi connectivity index (χ2v) is 9.82. The molecule has 2 atom stereocenters. The molecule has 5 nitrogen and oxygen atoms in total. The van der Waals surface area contributed by atoms with Crippen molar-refractivity contribution >= 4 is 43.5 Å². The first-order chi connectivity index (χ1) is 16.0. The zero-order valence-electron chi connectivity index (χ0n) is 17.4. The quantitative estimate of drug-likeness (QED) is 0.276. The Bertz CT molecular complexity index is 1400. The van der Waals surface area contributed by atoms with Gasteiger partial charge in [0.15, 0.2) is 0 Å². The third-order valence-electron chi connectivity index (χ3n) is 6.10. The summed E-state index contributed by atoms with van der Waals surface area (Å²) in [6, 6.07) is 20.8. The molecular formula is C25H17Br2FN4O. The predicted molar refractivity (Wildman–Crippen MR) is 132 cm³/mol. The summed E-state index contributed by atoms with van der Waals surface area (Å²) in [5.74, 6) is 0.826. The van der Waals surface area contributed by atoms with Crippen molar-refractivity contribution in [3.05, 3.63) is 110 Å². The maximum absolute atomic E-state index is 15.3. The van der Waals surface area contributed by atoms with Crippen molar-refractivity contribution in [2.24, 2.45) is 0 Å². The minimum Gasteiger partial charge on any atom is -0.480 e. The Morgan fingerprint density at radius 1 is 0.909 bits per heavy atom. The van der Waals surface area contributed by atoms with Crippen LogP contribution in [-0.2, 0) is 0 Å². The largest absolute Gasteiger partial charge is 0.480 e. The molecule has 8 heteroatoms. The topological polar surface area (TPSA) is 43.2 Å². The molecule has 0 fully saturated rings. The van der Waals surface area contributed by atoms with Crippen molar-refractivity contribution in [3.63, 3.8) is 0 Å². The highest BCUT2D eigenvalue weighted by molar-refractivity contribution is 9.10. The third-order valence-corrected chi connectivity index (χ3v) is 7.16. The maximum atomic E-state index is 15.3. The average molecular weight is 568 g/mol. The van der Waals surface area contributed by atoms with Crippen molar-refractivity contribution in [1.82, 2.24) is 14.8 Å². The first-order valence-corrected chi connectivity index (χ1v) is 12.0. The number of hydrogen-bond donors (Lipinski definition) is 0. The zero-order chi connectivity index (χ0) is 22.7. The summed E-state index contributed by atoms with van der Waals surface area (Å²) >= 11 is 7.04. The van der Waals surface area contributed by atoms with E-state index in [1.165, 1.54) is 12.4 Å². The van der Waals surface area contributed by atoms with Gasteiger partial charge in [-0.05, 0) is 47.5 Å². The van der Waals surface area contributed by atoms with Crippen LogP contribution >= 0.6 is 31.9 Å². The van der Waals surface area contributed by atoms with E-state index in [4.69, 9.17) is 4.74 Å². The molecule has 164 valence electrons. The van der Waals surface area contributed by atoms with Gasteiger partial charge in [0.05, 0.1) is 11.3 Å². The monoisotopic (exact) mass is 566 g/mol. The Balaban J connectivity index is 1.68. The standard InChI is InChI=1S/C25H17Br2FN4O/c1-31-23-20-18(28)3-2-4-19(20)33-24(15-7-11-17(27)12-8-15)21(23)22(32-25(31)29-13-30-32)14-5-9-16(26)10-6-14/h2-13,22,24H,1H3/t22-,24+/m0/s1. The van der Waals surface area contributed by atoms with Gasteiger partial charge < -0.3 is 9.64 Å². The highest BCUT2D eigenvalue weighted by atomic mass is 79.9. The first-order valence-electron chi connectivity index (χ1n) is 10.4. The number of aromatic nitrogens is 3. The Kier molecular flexibility index (Phi) is 4.88. The van der Waals surface area contributed by atoms with Crippen LogP contribution in [0.5, 0.6) is 5.75 Å². The van der Waals surface area contributed by atoms with Gasteiger partial charge in [-0.3, -0.25) is 0 Å². The number of fused-ring (bicyclic) bond motifs is 3. The van der Waals surface area contributed by atoms with E-state index in [1.54, 1.807) is 6.07 Å². The van der Waals surface area contributed by atoms with E-state index >= 15 is 4.39 Å². The molecule has 0 saturated heterocycles. The molecule has 0 saturated carbocycles. The van der Waals surface area contributed by atoms with E-state index in [9.17, 15) is 0 Å². The molecule has 1 aromatic heterocycles. The normalized spacial score (nSPS) is 19.0. The summed E-state index contributed by atoms with van der Waals surface area (Å²) in [5.41, 5.74) is 4.10. The molecule has 0 N–H and O–H groups in total. The number of halogens is 3. The van der Waals surface area contributed by atoms with Crippen LogP contribution in [0.15, 0.2) is 87.6 Å². The SMILES string of the molecule is CN1C2=C([C@H](c3ccc(Br)cc3)n3ncnc31)[C@@H](c1ccc(Br)cc1)Oc1cccc(F)c12. The third kappa shape index (κ3) is 3.23. The van der Waals surface area contributed by atoms with Crippen LogP contribution in [0.2, 0.25) is 0 Å². The highest BCUT2D eigenvalue weighted by Gasteiger charge is 2.44. The predicted octanol–water partition coefficient (Wildman–Crippen LogP) is 6.53. The molecule has 3 aromatic carbocycles. The summed E-state index contributed by atoms with van der Waals surface area (Å²) in [5, 5.41) is 4.56. The second-order valence-electron chi connectivity index (χ2n) is 7.98. The van der Waals surface area contributed by atoms with Crippen LogP contribution in [0.3, 0.4) is 0 Å². The Labute approximate surface area is 206 Å². The van der Waals surface area contributed by atoms with Crippen LogP contribution in [0.25, 0.3) is 5.70 Å². The van der Waals surface area contributed by atoms with Crippen LogP contribution in [-0.4, -0.2) is 21.8 Å².